The topological polar surface area (TPSA) is 84.9 Å². The van der Waals surface area contributed by atoms with Crippen LogP contribution in [0.4, 0.5) is 5.69 Å². The molecule has 8 heteroatoms. The van der Waals surface area contributed by atoms with Gasteiger partial charge in [0.2, 0.25) is 15.9 Å². The lowest BCUT2D eigenvalue weighted by molar-refractivity contribution is -0.120. The number of rotatable bonds is 9. The zero-order valence-electron chi connectivity index (χ0n) is 16.5. The van der Waals surface area contributed by atoms with Crippen molar-refractivity contribution in [3.05, 3.63) is 54.1 Å². The number of hydrogen-bond acceptors (Lipinski definition) is 5. The second-order valence-corrected chi connectivity index (χ2v) is 8.42. The second-order valence-electron chi connectivity index (χ2n) is 6.51. The fraction of sp³-hybridized carbons (Fsp3) is 0.350. The molecular weight excluding hydrogens is 380 g/mol. The van der Waals surface area contributed by atoms with Crippen LogP contribution in [-0.2, 0) is 14.8 Å². The number of amides is 1. The van der Waals surface area contributed by atoms with Gasteiger partial charge in [0.1, 0.15) is 24.7 Å². The lowest BCUT2D eigenvalue weighted by atomic mass is 10.2. The molecular formula is C20H26N2O5S. The number of anilines is 1. The average Bonchev–Trinajstić information content (AvgIpc) is 2.65. The minimum Gasteiger partial charge on any atom is -0.497 e. The van der Waals surface area contributed by atoms with Crippen LogP contribution in [0.5, 0.6) is 11.5 Å². The van der Waals surface area contributed by atoms with E-state index < -0.39 is 15.9 Å². The summed E-state index contributed by atoms with van der Waals surface area (Å²) in [5.74, 6) is 0.977. The smallest absolute Gasteiger partial charge is 0.241 e. The molecule has 0 aromatic heterocycles. The summed E-state index contributed by atoms with van der Waals surface area (Å²) in [5.41, 5.74) is 1.26. The first-order valence-corrected chi connectivity index (χ1v) is 10.6. The van der Waals surface area contributed by atoms with E-state index in [1.165, 1.54) is 0 Å². The van der Waals surface area contributed by atoms with E-state index >= 15 is 0 Å². The number of aryl methyl sites for hydroxylation is 1. The van der Waals surface area contributed by atoms with Gasteiger partial charge in [0.15, 0.2) is 0 Å². The summed E-state index contributed by atoms with van der Waals surface area (Å²) in [7, 11) is -2.02. The van der Waals surface area contributed by atoms with E-state index in [1.807, 2.05) is 6.07 Å². The van der Waals surface area contributed by atoms with Gasteiger partial charge in [0.25, 0.3) is 0 Å². The Bertz CT molecular complexity index is 897. The lowest BCUT2D eigenvalue weighted by Gasteiger charge is -2.24. The van der Waals surface area contributed by atoms with E-state index in [9.17, 15) is 13.2 Å². The lowest BCUT2D eigenvalue weighted by Crippen LogP contribution is -2.45. The number of carbonyl (C=O) groups excluding carboxylic acids is 1. The maximum Gasteiger partial charge on any atom is 0.241 e. The van der Waals surface area contributed by atoms with Gasteiger partial charge in [-0.3, -0.25) is 9.10 Å². The SMILES string of the molecule is COc1ccc(OCC(C)NC(=O)CN(c2ccccc2C)S(C)(=O)=O)cc1. The molecule has 0 heterocycles. The first-order chi connectivity index (χ1) is 13.2. The molecule has 0 aliphatic heterocycles. The van der Waals surface area contributed by atoms with Crippen molar-refractivity contribution in [1.29, 1.82) is 0 Å². The zero-order valence-corrected chi connectivity index (χ0v) is 17.3. The fourth-order valence-electron chi connectivity index (χ4n) is 2.61. The van der Waals surface area contributed by atoms with Gasteiger partial charge in [-0.05, 0) is 49.7 Å². The van der Waals surface area contributed by atoms with E-state index in [4.69, 9.17) is 9.47 Å². The zero-order chi connectivity index (χ0) is 20.7. The van der Waals surface area contributed by atoms with Gasteiger partial charge in [-0.2, -0.15) is 0 Å². The van der Waals surface area contributed by atoms with Crippen molar-refractivity contribution in [2.75, 3.05) is 30.8 Å². The van der Waals surface area contributed by atoms with Gasteiger partial charge in [-0.1, -0.05) is 18.2 Å². The minimum absolute atomic E-state index is 0.251. The summed E-state index contributed by atoms with van der Waals surface area (Å²) in [4.78, 5) is 12.4. The van der Waals surface area contributed by atoms with Crippen LogP contribution >= 0.6 is 0 Å². The number of nitrogens with one attached hydrogen (secondary N) is 1. The predicted octanol–water partition coefficient (Wildman–Crippen LogP) is 2.35. The number of nitrogens with zero attached hydrogens (tertiary/aromatic N) is 1. The van der Waals surface area contributed by atoms with Crippen molar-refractivity contribution in [3.63, 3.8) is 0 Å². The van der Waals surface area contributed by atoms with Crippen LogP contribution in [0.1, 0.15) is 12.5 Å². The Balaban J connectivity index is 1.95. The highest BCUT2D eigenvalue weighted by atomic mass is 32.2. The Morgan fingerprint density at radius 2 is 1.71 bits per heavy atom. The normalized spacial score (nSPS) is 12.1. The largest absolute Gasteiger partial charge is 0.497 e. The van der Waals surface area contributed by atoms with Gasteiger partial charge >= 0.3 is 0 Å². The number of sulfonamides is 1. The molecule has 152 valence electrons. The summed E-state index contributed by atoms with van der Waals surface area (Å²) < 4.78 is 36.2. The molecule has 1 N–H and O–H groups in total. The number of benzene rings is 2. The Morgan fingerprint density at radius 1 is 1.11 bits per heavy atom. The number of carbonyl (C=O) groups is 1. The van der Waals surface area contributed by atoms with Gasteiger partial charge < -0.3 is 14.8 Å². The Morgan fingerprint density at radius 3 is 2.29 bits per heavy atom. The molecule has 28 heavy (non-hydrogen) atoms. The molecule has 1 atom stereocenters. The van der Waals surface area contributed by atoms with E-state index in [2.05, 4.69) is 5.32 Å². The first-order valence-electron chi connectivity index (χ1n) is 8.80. The monoisotopic (exact) mass is 406 g/mol. The van der Waals surface area contributed by atoms with Gasteiger partial charge in [-0.25, -0.2) is 8.42 Å². The van der Waals surface area contributed by atoms with E-state index in [0.29, 0.717) is 11.4 Å². The Kier molecular flexibility index (Phi) is 7.28. The van der Waals surface area contributed by atoms with Crippen molar-refractivity contribution in [2.45, 2.75) is 19.9 Å². The van der Waals surface area contributed by atoms with Gasteiger partial charge in [-0.15, -0.1) is 0 Å². The predicted molar refractivity (Wildman–Crippen MR) is 109 cm³/mol. The summed E-state index contributed by atoms with van der Waals surface area (Å²) in [6.07, 6.45) is 1.09. The minimum atomic E-state index is -3.60. The summed E-state index contributed by atoms with van der Waals surface area (Å²) in [6, 6.07) is 13.9. The molecule has 2 aromatic rings. The van der Waals surface area contributed by atoms with E-state index in [-0.39, 0.29) is 19.2 Å². The Hall–Kier alpha value is -2.74. The Labute approximate surface area is 166 Å². The van der Waals surface area contributed by atoms with Gasteiger partial charge in [0.05, 0.1) is 25.1 Å². The van der Waals surface area contributed by atoms with Crippen LogP contribution < -0.4 is 19.1 Å². The molecule has 2 rings (SSSR count). The first kappa shape index (κ1) is 21.6. The molecule has 0 saturated heterocycles. The quantitative estimate of drug-likeness (QED) is 0.691. The molecule has 1 amide bonds. The molecule has 0 spiro atoms. The summed E-state index contributed by atoms with van der Waals surface area (Å²) in [6.45, 7) is 3.55. The molecule has 0 radical (unpaired) electrons. The molecule has 2 aromatic carbocycles. The van der Waals surface area contributed by atoms with Gasteiger partial charge in [0, 0.05) is 0 Å². The van der Waals surface area contributed by atoms with Crippen molar-refractivity contribution < 1.29 is 22.7 Å². The van der Waals surface area contributed by atoms with Crippen molar-refractivity contribution in [3.8, 4) is 11.5 Å². The highest BCUT2D eigenvalue weighted by Crippen LogP contribution is 2.21. The number of methoxy groups -OCH3 is 1. The molecule has 0 aliphatic carbocycles. The van der Waals surface area contributed by atoms with E-state index in [1.54, 1.807) is 63.4 Å². The van der Waals surface area contributed by atoms with Crippen LogP contribution in [0, 0.1) is 6.92 Å². The highest BCUT2D eigenvalue weighted by molar-refractivity contribution is 7.92. The third-order valence-electron chi connectivity index (χ3n) is 4.04. The maximum absolute atomic E-state index is 12.4. The number of ether oxygens (including phenoxy) is 2. The van der Waals surface area contributed by atoms with Crippen LogP contribution in [0.25, 0.3) is 0 Å². The maximum atomic E-state index is 12.4. The summed E-state index contributed by atoms with van der Waals surface area (Å²) in [5, 5.41) is 2.77. The third-order valence-corrected chi connectivity index (χ3v) is 5.16. The number of hydrogen-bond donors (Lipinski definition) is 1. The fourth-order valence-corrected chi connectivity index (χ4v) is 3.52. The number of para-hydroxylation sites is 1. The molecule has 0 bridgehead atoms. The molecule has 1 unspecified atom stereocenters. The molecule has 7 nitrogen and oxygen atoms in total. The molecule has 0 saturated carbocycles. The second kappa shape index (κ2) is 9.45. The van der Waals surface area contributed by atoms with Crippen LogP contribution in [0.3, 0.4) is 0 Å². The van der Waals surface area contributed by atoms with E-state index in [0.717, 1.165) is 21.9 Å². The summed E-state index contributed by atoms with van der Waals surface area (Å²) >= 11 is 0. The molecule has 0 fully saturated rings. The van der Waals surface area contributed by atoms with Crippen molar-refractivity contribution in [2.24, 2.45) is 0 Å². The van der Waals surface area contributed by atoms with Crippen molar-refractivity contribution >= 4 is 21.6 Å². The van der Waals surface area contributed by atoms with Crippen molar-refractivity contribution in [1.82, 2.24) is 5.32 Å². The average molecular weight is 407 g/mol. The standard InChI is InChI=1S/C20H26N2O5S/c1-15-7-5-6-8-19(15)22(28(4,24)25)13-20(23)21-16(2)14-27-18-11-9-17(26-3)10-12-18/h5-12,16H,13-14H2,1-4H3,(H,21,23). The third kappa shape index (κ3) is 6.16. The van der Waals surface area contributed by atoms with Crippen LogP contribution in [-0.4, -0.2) is 46.9 Å². The molecule has 0 aliphatic rings. The van der Waals surface area contributed by atoms with Crippen LogP contribution in [0.2, 0.25) is 0 Å². The highest BCUT2D eigenvalue weighted by Gasteiger charge is 2.22. The van der Waals surface area contributed by atoms with Crippen LogP contribution in [0.15, 0.2) is 48.5 Å².